The summed E-state index contributed by atoms with van der Waals surface area (Å²) in [5.41, 5.74) is 1.17. The smallest absolute Gasteiger partial charge is 0.107 e. The normalized spacial score (nSPS) is 11.5. The van der Waals surface area contributed by atoms with Crippen molar-refractivity contribution in [1.29, 1.82) is 0 Å². The van der Waals surface area contributed by atoms with Gasteiger partial charge < -0.3 is 0 Å². The maximum Gasteiger partial charge on any atom is 0.107 e. The average molecular weight is 183 g/mol. The van der Waals surface area contributed by atoms with Crippen LogP contribution in [-0.4, -0.2) is 4.98 Å². The fourth-order valence-corrected chi connectivity index (χ4v) is 2.89. The summed E-state index contributed by atoms with van der Waals surface area (Å²) in [5.74, 6) is 0.569. The van der Waals surface area contributed by atoms with Crippen molar-refractivity contribution in [2.24, 2.45) is 0 Å². The Bertz CT molecular complexity index is 330. The molecule has 0 saturated heterocycles. The lowest BCUT2D eigenvalue weighted by Crippen LogP contribution is -1.82. The zero-order valence-corrected chi connectivity index (χ0v) is 8.13. The van der Waals surface area contributed by atoms with E-state index < -0.39 is 0 Å². The van der Waals surface area contributed by atoms with E-state index in [0.717, 1.165) is 0 Å². The monoisotopic (exact) mass is 183 g/mol. The van der Waals surface area contributed by atoms with Crippen LogP contribution in [-0.2, 0) is 0 Å². The number of aromatic nitrogens is 1. The molecular formula is C8H9NS2. The molecule has 2 aromatic heterocycles. The zero-order chi connectivity index (χ0) is 7.84. The van der Waals surface area contributed by atoms with Crippen molar-refractivity contribution in [3.8, 4) is 0 Å². The summed E-state index contributed by atoms with van der Waals surface area (Å²) < 4.78 is 1.36. The highest BCUT2D eigenvalue weighted by Gasteiger charge is 2.06. The predicted molar refractivity (Wildman–Crippen MR) is 51.6 cm³/mol. The van der Waals surface area contributed by atoms with Crippen LogP contribution in [0.2, 0.25) is 0 Å². The van der Waals surface area contributed by atoms with Crippen LogP contribution in [0.4, 0.5) is 0 Å². The molecule has 11 heavy (non-hydrogen) atoms. The van der Waals surface area contributed by atoms with E-state index in [0.29, 0.717) is 5.92 Å². The summed E-state index contributed by atoms with van der Waals surface area (Å²) in [6.45, 7) is 4.37. The second-order valence-corrected chi connectivity index (χ2v) is 5.01. The second kappa shape index (κ2) is 2.57. The summed E-state index contributed by atoms with van der Waals surface area (Å²) in [6, 6.07) is 2.09. The van der Waals surface area contributed by atoms with Crippen LogP contribution in [0, 0.1) is 0 Å². The van der Waals surface area contributed by atoms with Gasteiger partial charge in [-0.2, -0.15) is 0 Å². The number of thiazole rings is 1. The molecule has 0 spiro atoms. The zero-order valence-electron chi connectivity index (χ0n) is 6.50. The van der Waals surface area contributed by atoms with Gasteiger partial charge in [0.15, 0.2) is 0 Å². The lowest BCUT2D eigenvalue weighted by molar-refractivity contribution is 0.857. The van der Waals surface area contributed by atoms with Gasteiger partial charge in [-0.15, -0.1) is 22.7 Å². The van der Waals surface area contributed by atoms with Crippen molar-refractivity contribution in [2.75, 3.05) is 0 Å². The van der Waals surface area contributed by atoms with E-state index in [1.165, 1.54) is 14.5 Å². The fraction of sp³-hybridized carbons (Fsp3) is 0.375. The summed E-state index contributed by atoms with van der Waals surface area (Å²) in [5, 5.41) is 3.35. The molecule has 0 radical (unpaired) electrons. The number of thiophene rings is 1. The average Bonchev–Trinajstić information content (AvgIpc) is 2.40. The van der Waals surface area contributed by atoms with E-state index in [1.807, 2.05) is 11.3 Å². The Hall–Kier alpha value is -0.410. The highest BCUT2D eigenvalue weighted by Crippen LogP contribution is 2.30. The third-order valence-corrected chi connectivity index (χ3v) is 3.93. The minimum absolute atomic E-state index is 0.569. The lowest BCUT2D eigenvalue weighted by Gasteiger charge is -1.94. The van der Waals surface area contributed by atoms with Gasteiger partial charge >= 0.3 is 0 Å². The van der Waals surface area contributed by atoms with Gasteiger partial charge in [-0.1, -0.05) is 13.8 Å². The van der Waals surface area contributed by atoms with E-state index in [9.17, 15) is 0 Å². The van der Waals surface area contributed by atoms with Crippen molar-refractivity contribution in [1.82, 2.24) is 4.98 Å². The molecule has 0 amide bonds. The summed E-state index contributed by atoms with van der Waals surface area (Å²) in [6.07, 6.45) is 0. The van der Waals surface area contributed by atoms with Gasteiger partial charge in [-0.05, 0) is 11.4 Å². The van der Waals surface area contributed by atoms with Crippen LogP contribution in [0.15, 0.2) is 11.4 Å². The van der Waals surface area contributed by atoms with Gasteiger partial charge in [0.1, 0.15) is 4.01 Å². The third-order valence-electron chi connectivity index (χ3n) is 1.53. The Morgan fingerprint density at radius 2 is 2.27 bits per heavy atom. The number of hydrogen-bond donors (Lipinski definition) is 0. The predicted octanol–water partition coefficient (Wildman–Crippen LogP) is 3.48. The Morgan fingerprint density at radius 3 is 2.91 bits per heavy atom. The molecule has 0 aromatic carbocycles. The fourth-order valence-electron chi connectivity index (χ4n) is 0.931. The highest BCUT2D eigenvalue weighted by molar-refractivity contribution is 7.37. The molecule has 2 rings (SSSR count). The van der Waals surface area contributed by atoms with Crippen LogP contribution in [0.3, 0.4) is 0 Å². The van der Waals surface area contributed by atoms with E-state index in [-0.39, 0.29) is 0 Å². The molecular weight excluding hydrogens is 174 g/mol. The SMILES string of the molecule is CC(C)c1nc2ccsc2s1. The van der Waals surface area contributed by atoms with E-state index in [1.54, 1.807) is 11.3 Å². The van der Waals surface area contributed by atoms with Crippen LogP contribution in [0.25, 0.3) is 9.53 Å². The van der Waals surface area contributed by atoms with Crippen LogP contribution in [0.5, 0.6) is 0 Å². The molecule has 0 unspecified atom stereocenters. The Balaban J connectivity index is 2.58. The molecule has 3 heteroatoms. The first-order chi connectivity index (χ1) is 5.27. The first-order valence-corrected chi connectivity index (χ1v) is 5.31. The van der Waals surface area contributed by atoms with E-state index in [2.05, 4.69) is 30.3 Å². The molecule has 0 saturated carbocycles. The van der Waals surface area contributed by atoms with Crippen molar-refractivity contribution >= 4 is 32.2 Å². The Morgan fingerprint density at radius 1 is 1.45 bits per heavy atom. The first-order valence-electron chi connectivity index (χ1n) is 3.61. The molecule has 0 bridgehead atoms. The van der Waals surface area contributed by atoms with E-state index >= 15 is 0 Å². The molecule has 1 nitrogen and oxygen atoms in total. The first kappa shape index (κ1) is 7.25. The van der Waals surface area contributed by atoms with E-state index in [4.69, 9.17) is 0 Å². The molecule has 0 fully saturated rings. The molecule has 58 valence electrons. The van der Waals surface area contributed by atoms with Crippen molar-refractivity contribution in [3.05, 3.63) is 16.5 Å². The second-order valence-electron chi connectivity index (χ2n) is 2.80. The molecule has 2 heterocycles. The maximum absolute atomic E-state index is 4.50. The lowest BCUT2D eigenvalue weighted by atomic mass is 10.2. The minimum Gasteiger partial charge on any atom is -0.240 e. The Kier molecular flexibility index (Phi) is 1.69. The van der Waals surface area contributed by atoms with Crippen LogP contribution < -0.4 is 0 Å². The van der Waals surface area contributed by atoms with Crippen molar-refractivity contribution in [3.63, 3.8) is 0 Å². The highest BCUT2D eigenvalue weighted by atomic mass is 32.2. The summed E-state index contributed by atoms with van der Waals surface area (Å²) >= 11 is 3.60. The maximum atomic E-state index is 4.50. The molecule has 0 N–H and O–H groups in total. The molecule has 2 aromatic rings. The standard InChI is InChI=1S/C8H9NS2/c1-5(2)7-9-6-3-4-10-8(6)11-7/h3-5H,1-2H3. The number of nitrogens with zero attached hydrogens (tertiary/aromatic N) is 1. The van der Waals surface area contributed by atoms with Crippen LogP contribution in [0.1, 0.15) is 24.8 Å². The molecule has 0 aliphatic carbocycles. The third kappa shape index (κ3) is 1.19. The van der Waals surface area contributed by atoms with Gasteiger partial charge in [-0.3, -0.25) is 0 Å². The van der Waals surface area contributed by atoms with Gasteiger partial charge in [0, 0.05) is 5.92 Å². The van der Waals surface area contributed by atoms with Gasteiger partial charge in [0.2, 0.25) is 0 Å². The summed E-state index contributed by atoms with van der Waals surface area (Å²) in [4.78, 5) is 4.50. The molecule has 0 aliphatic heterocycles. The largest absolute Gasteiger partial charge is 0.240 e. The van der Waals surface area contributed by atoms with Gasteiger partial charge in [0.05, 0.1) is 10.5 Å². The van der Waals surface area contributed by atoms with Gasteiger partial charge in [0.25, 0.3) is 0 Å². The number of rotatable bonds is 1. The van der Waals surface area contributed by atoms with Crippen molar-refractivity contribution < 1.29 is 0 Å². The number of fused-ring (bicyclic) bond motifs is 1. The quantitative estimate of drug-likeness (QED) is 0.659. The molecule has 0 atom stereocenters. The molecule has 0 aliphatic rings. The minimum atomic E-state index is 0.569. The van der Waals surface area contributed by atoms with Crippen molar-refractivity contribution in [2.45, 2.75) is 19.8 Å². The summed E-state index contributed by atoms with van der Waals surface area (Å²) in [7, 11) is 0. The van der Waals surface area contributed by atoms with Gasteiger partial charge in [-0.25, -0.2) is 4.98 Å². The van der Waals surface area contributed by atoms with Crippen LogP contribution >= 0.6 is 22.7 Å². The Labute approximate surface area is 73.7 Å². The topological polar surface area (TPSA) is 12.9 Å². The number of hydrogen-bond acceptors (Lipinski definition) is 3.